The van der Waals surface area contributed by atoms with E-state index in [-0.39, 0.29) is 6.54 Å². The van der Waals surface area contributed by atoms with E-state index in [1.807, 2.05) is 35.7 Å². The quantitative estimate of drug-likeness (QED) is 0.499. The van der Waals surface area contributed by atoms with Crippen molar-refractivity contribution >= 4 is 55.5 Å². The van der Waals surface area contributed by atoms with Gasteiger partial charge in [0.15, 0.2) is 0 Å². The number of aromatic nitrogens is 2. The van der Waals surface area contributed by atoms with Gasteiger partial charge in [-0.2, -0.15) is 0 Å². The van der Waals surface area contributed by atoms with Crippen LogP contribution in [0.25, 0.3) is 11.0 Å². The van der Waals surface area contributed by atoms with E-state index < -0.39 is 10.0 Å². The summed E-state index contributed by atoms with van der Waals surface area (Å²) < 4.78 is 30.2. The number of sulfonamides is 1. The van der Waals surface area contributed by atoms with Gasteiger partial charge in [-0.05, 0) is 41.3 Å². The summed E-state index contributed by atoms with van der Waals surface area (Å²) in [6.07, 6.45) is 3.48. The number of rotatable bonds is 6. The van der Waals surface area contributed by atoms with E-state index in [0.29, 0.717) is 4.21 Å². The molecule has 0 atom stereocenters. The molecule has 0 unspecified atom stereocenters. The standard InChI is InChI=1S/C16H13N3O2S4/c20-25(21,15-6-5-14(24-15)23-13-4-2-8-22-13)19-10-11-9-18-16-12(11)3-1-7-17-16/h1-9,19H,10H2,(H,17,18). The SMILES string of the molecule is O=S(=O)(NCc1c[nH]c2ncccc12)c1ccc(Sc2cccs2)s1. The van der Waals surface area contributed by atoms with Gasteiger partial charge < -0.3 is 4.98 Å². The Morgan fingerprint density at radius 3 is 2.92 bits per heavy atom. The first kappa shape index (κ1) is 16.8. The first-order chi connectivity index (χ1) is 12.1. The van der Waals surface area contributed by atoms with Gasteiger partial charge in [-0.3, -0.25) is 0 Å². The zero-order valence-corrected chi connectivity index (χ0v) is 16.1. The Hall–Kier alpha value is -1.65. The van der Waals surface area contributed by atoms with Gasteiger partial charge in [0.1, 0.15) is 9.86 Å². The Bertz CT molecular complexity index is 1100. The zero-order chi connectivity index (χ0) is 17.3. The fraction of sp³-hybridized carbons (Fsp3) is 0.0625. The predicted octanol–water partition coefficient (Wildman–Crippen LogP) is 4.32. The Balaban J connectivity index is 1.49. The number of fused-ring (bicyclic) bond motifs is 1. The second-order valence-electron chi connectivity index (χ2n) is 5.15. The van der Waals surface area contributed by atoms with Crippen LogP contribution in [0.3, 0.4) is 0 Å². The van der Waals surface area contributed by atoms with Gasteiger partial charge in [0, 0.05) is 24.3 Å². The highest BCUT2D eigenvalue weighted by atomic mass is 32.3. The first-order valence-corrected chi connectivity index (χ1v) is 11.3. The summed E-state index contributed by atoms with van der Waals surface area (Å²) >= 11 is 4.50. The summed E-state index contributed by atoms with van der Waals surface area (Å²) in [6.45, 7) is 0.222. The molecule has 0 aromatic carbocycles. The number of pyridine rings is 1. The van der Waals surface area contributed by atoms with Crippen LogP contribution in [0.4, 0.5) is 0 Å². The van der Waals surface area contributed by atoms with Crippen molar-refractivity contribution in [3.05, 3.63) is 59.7 Å². The maximum absolute atomic E-state index is 12.5. The van der Waals surface area contributed by atoms with E-state index in [4.69, 9.17) is 0 Å². The summed E-state index contributed by atoms with van der Waals surface area (Å²) in [5, 5.41) is 2.93. The highest BCUT2D eigenvalue weighted by Gasteiger charge is 2.18. The van der Waals surface area contributed by atoms with Crippen LogP contribution >= 0.6 is 34.4 Å². The third kappa shape index (κ3) is 3.65. The van der Waals surface area contributed by atoms with Crippen LogP contribution in [0, 0.1) is 0 Å². The van der Waals surface area contributed by atoms with Crippen molar-refractivity contribution in [2.75, 3.05) is 0 Å². The minimum Gasteiger partial charge on any atom is -0.346 e. The number of hydrogen-bond acceptors (Lipinski definition) is 6. The molecule has 0 aliphatic rings. The third-order valence-electron chi connectivity index (χ3n) is 3.51. The molecule has 4 rings (SSSR count). The van der Waals surface area contributed by atoms with Crippen molar-refractivity contribution < 1.29 is 8.42 Å². The van der Waals surface area contributed by atoms with Gasteiger partial charge in [0.2, 0.25) is 10.0 Å². The van der Waals surface area contributed by atoms with E-state index in [9.17, 15) is 8.42 Å². The fourth-order valence-electron chi connectivity index (χ4n) is 2.33. The second-order valence-corrected chi connectivity index (χ2v) is 10.8. The minimum absolute atomic E-state index is 0.222. The maximum atomic E-state index is 12.5. The van der Waals surface area contributed by atoms with Gasteiger partial charge in [0.25, 0.3) is 0 Å². The molecule has 0 saturated heterocycles. The van der Waals surface area contributed by atoms with E-state index in [1.165, 1.54) is 11.3 Å². The molecule has 0 fully saturated rings. The molecule has 0 amide bonds. The van der Waals surface area contributed by atoms with Crippen molar-refractivity contribution in [1.82, 2.24) is 14.7 Å². The van der Waals surface area contributed by atoms with Crippen LogP contribution < -0.4 is 4.72 Å². The summed E-state index contributed by atoms with van der Waals surface area (Å²) in [7, 11) is -3.54. The summed E-state index contributed by atoms with van der Waals surface area (Å²) in [5.41, 5.74) is 1.62. The number of nitrogens with zero attached hydrogens (tertiary/aromatic N) is 1. The lowest BCUT2D eigenvalue weighted by Gasteiger charge is -2.03. The van der Waals surface area contributed by atoms with Gasteiger partial charge >= 0.3 is 0 Å². The molecule has 0 aliphatic heterocycles. The van der Waals surface area contributed by atoms with Gasteiger partial charge in [0.05, 0.1) is 8.42 Å². The molecule has 0 spiro atoms. The highest BCUT2D eigenvalue weighted by molar-refractivity contribution is 8.03. The molecule has 4 heterocycles. The minimum atomic E-state index is -3.54. The summed E-state index contributed by atoms with van der Waals surface area (Å²) in [6, 6.07) is 11.3. The average Bonchev–Trinajstić information content (AvgIpc) is 3.34. The van der Waals surface area contributed by atoms with Crippen LogP contribution in [-0.2, 0) is 16.6 Å². The molecule has 128 valence electrons. The monoisotopic (exact) mass is 407 g/mol. The van der Waals surface area contributed by atoms with Crippen LogP contribution in [-0.4, -0.2) is 18.4 Å². The maximum Gasteiger partial charge on any atom is 0.250 e. The number of nitrogens with one attached hydrogen (secondary N) is 2. The van der Waals surface area contributed by atoms with Crippen LogP contribution in [0.5, 0.6) is 0 Å². The predicted molar refractivity (Wildman–Crippen MR) is 103 cm³/mol. The largest absolute Gasteiger partial charge is 0.346 e. The lowest BCUT2D eigenvalue weighted by molar-refractivity contribution is 0.583. The molecule has 25 heavy (non-hydrogen) atoms. The van der Waals surface area contributed by atoms with Crippen molar-refractivity contribution in [1.29, 1.82) is 0 Å². The number of hydrogen-bond donors (Lipinski definition) is 2. The normalized spacial score (nSPS) is 12.0. The van der Waals surface area contributed by atoms with E-state index in [2.05, 4.69) is 14.7 Å². The van der Waals surface area contributed by atoms with E-state index in [1.54, 1.807) is 41.6 Å². The molecule has 4 aromatic rings. The molecule has 0 aliphatic carbocycles. The lowest BCUT2D eigenvalue weighted by Crippen LogP contribution is -2.22. The van der Waals surface area contributed by atoms with Crippen LogP contribution in [0.2, 0.25) is 0 Å². The molecule has 2 N–H and O–H groups in total. The molecule has 0 bridgehead atoms. The molecular formula is C16H13N3O2S4. The number of H-pyrrole nitrogens is 1. The van der Waals surface area contributed by atoms with Crippen molar-refractivity contribution in [3.63, 3.8) is 0 Å². The summed E-state index contributed by atoms with van der Waals surface area (Å²) in [5.74, 6) is 0. The van der Waals surface area contributed by atoms with E-state index >= 15 is 0 Å². The number of thiophene rings is 2. The van der Waals surface area contributed by atoms with Gasteiger partial charge in [-0.25, -0.2) is 18.1 Å². The van der Waals surface area contributed by atoms with E-state index in [0.717, 1.165) is 25.0 Å². The smallest absolute Gasteiger partial charge is 0.250 e. The fourth-order valence-corrected chi connectivity index (χ4v) is 7.00. The van der Waals surface area contributed by atoms with Gasteiger partial charge in [-0.1, -0.05) is 17.8 Å². The van der Waals surface area contributed by atoms with Crippen molar-refractivity contribution in [2.24, 2.45) is 0 Å². The molecule has 9 heteroatoms. The molecule has 0 radical (unpaired) electrons. The first-order valence-electron chi connectivity index (χ1n) is 7.34. The molecule has 5 nitrogen and oxygen atoms in total. The second kappa shape index (κ2) is 6.93. The average molecular weight is 408 g/mol. The Labute approximate surface area is 157 Å². The Morgan fingerprint density at radius 2 is 2.08 bits per heavy atom. The highest BCUT2D eigenvalue weighted by Crippen LogP contribution is 2.37. The Morgan fingerprint density at radius 1 is 1.16 bits per heavy atom. The van der Waals surface area contributed by atoms with Crippen molar-refractivity contribution in [2.45, 2.75) is 19.2 Å². The molecule has 0 saturated carbocycles. The van der Waals surface area contributed by atoms with Gasteiger partial charge in [-0.15, -0.1) is 22.7 Å². The van der Waals surface area contributed by atoms with Crippen LogP contribution in [0.1, 0.15) is 5.56 Å². The lowest BCUT2D eigenvalue weighted by atomic mass is 10.2. The zero-order valence-electron chi connectivity index (χ0n) is 12.8. The van der Waals surface area contributed by atoms with Crippen LogP contribution in [0.15, 0.2) is 66.8 Å². The summed E-state index contributed by atoms with van der Waals surface area (Å²) in [4.78, 5) is 7.26. The molecule has 4 aromatic heterocycles. The topological polar surface area (TPSA) is 74.8 Å². The van der Waals surface area contributed by atoms with Crippen molar-refractivity contribution in [3.8, 4) is 0 Å². The Kier molecular flexibility index (Phi) is 4.65. The third-order valence-corrected chi connectivity index (χ3v) is 8.65. The molecular weight excluding hydrogens is 394 g/mol. The number of aromatic amines is 1.